The molecular formula is C11H11BrClN3O. The predicted molar refractivity (Wildman–Crippen MR) is 70.2 cm³/mol. The summed E-state index contributed by atoms with van der Waals surface area (Å²) in [6.07, 6.45) is 0.749. The topological polar surface area (TPSA) is 51.0 Å². The van der Waals surface area contributed by atoms with Gasteiger partial charge in [-0.05, 0) is 34.1 Å². The molecule has 0 bridgehead atoms. The normalized spacial score (nSPS) is 10.5. The van der Waals surface area contributed by atoms with Crippen LogP contribution in [0.5, 0.6) is 0 Å². The fourth-order valence-corrected chi connectivity index (χ4v) is 1.78. The van der Waals surface area contributed by atoms with E-state index in [0.29, 0.717) is 23.3 Å². The smallest absolute Gasteiger partial charge is 0.235 e. The summed E-state index contributed by atoms with van der Waals surface area (Å²) in [5.74, 6) is 1.23. The molecule has 0 radical (unpaired) electrons. The van der Waals surface area contributed by atoms with E-state index in [4.69, 9.17) is 16.0 Å². The maximum absolute atomic E-state index is 5.90. The van der Waals surface area contributed by atoms with Crippen LogP contribution in [0.3, 0.4) is 0 Å². The highest BCUT2D eigenvalue weighted by atomic mass is 79.9. The quantitative estimate of drug-likeness (QED) is 0.935. The highest BCUT2D eigenvalue weighted by molar-refractivity contribution is 9.10. The van der Waals surface area contributed by atoms with Gasteiger partial charge in [-0.2, -0.15) is 0 Å². The molecule has 0 amide bonds. The molecule has 0 unspecified atom stereocenters. The van der Waals surface area contributed by atoms with Crippen LogP contribution in [0.4, 0.5) is 5.69 Å². The van der Waals surface area contributed by atoms with Crippen molar-refractivity contribution in [3.8, 4) is 0 Å². The van der Waals surface area contributed by atoms with Crippen LogP contribution in [0.2, 0.25) is 5.02 Å². The van der Waals surface area contributed by atoms with E-state index >= 15 is 0 Å². The minimum Gasteiger partial charge on any atom is -0.423 e. The van der Waals surface area contributed by atoms with Gasteiger partial charge in [-0.1, -0.05) is 18.5 Å². The number of hydrogen-bond donors (Lipinski definition) is 1. The second-order valence-electron chi connectivity index (χ2n) is 3.43. The van der Waals surface area contributed by atoms with Crippen LogP contribution in [0.25, 0.3) is 0 Å². The summed E-state index contributed by atoms with van der Waals surface area (Å²) < 4.78 is 6.24. The first-order valence-corrected chi connectivity index (χ1v) is 6.36. The lowest BCUT2D eigenvalue weighted by Gasteiger charge is -2.04. The Morgan fingerprint density at radius 1 is 1.35 bits per heavy atom. The zero-order chi connectivity index (χ0) is 12.3. The van der Waals surface area contributed by atoms with E-state index in [0.717, 1.165) is 16.6 Å². The molecule has 0 aliphatic carbocycles. The SMILES string of the molecule is CCc1nnc(CNc2ccc(Cl)c(Br)c2)o1. The van der Waals surface area contributed by atoms with Crippen molar-refractivity contribution in [3.05, 3.63) is 39.5 Å². The Hall–Kier alpha value is -1.07. The van der Waals surface area contributed by atoms with Gasteiger partial charge in [0.2, 0.25) is 11.8 Å². The maximum atomic E-state index is 5.90. The summed E-state index contributed by atoms with van der Waals surface area (Å²) in [6.45, 7) is 2.47. The molecule has 0 fully saturated rings. The predicted octanol–water partition coefficient (Wildman–Crippen LogP) is 3.66. The molecular weight excluding hydrogens is 305 g/mol. The third kappa shape index (κ3) is 3.20. The lowest BCUT2D eigenvalue weighted by molar-refractivity contribution is 0.460. The van der Waals surface area contributed by atoms with Gasteiger partial charge in [-0.25, -0.2) is 0 Å². The van der Waals surface area contributed by atoms with Gasteiger partial charge >= 0.3 is 0 Å². The Kier molecular flexibility index (Phi) is 4.02. The number of nitrogens with one attached hydrogen (secondary N) is 1. The van der Waals surface area contributed by atoms with Crippen molar-refractivity contribution >= 4 is 33.2 Å². The highest BCUT2D eigenvalue weighted by Gasteiger charge is 2.04. The number of benzene rings is 1. The van der Waals surface area contributed by atoms with Gasteiger partial charge < -0.3 is 9.73 Å². The average molecular weight is 317 g/mol. The number of nitrogens with zero attached hydrogens (tertiary/aromatic N) is 2. The van der Waals surface area contributed by atoms with Crippen molar-refractivity contribution in [1.29, 1.82) is 0 Å². The van der Waals surface area contributed by atoms with Crippen molar-refractivity contribution in [2.45, 2.75) is 19.9 Å². The average Bonchev–Trinajstić information content (AvgIpc) is 2.79. The van der Waals surface area contributed by atoms with Gasteiger partial charge in [0.05, 0.1) is 11.6 Å². The molecule has 1 N–H and O–H groups in total. The first-order valence-electron chi connectivity index (χ1n) is 5.19. The Balaban J connectivity index is 1.99. The van der Waals surface area contributed by atoms with E-state index in [2.05, 4.69) is 31.4 Å². The van der Waals surface area contributed by atoms with Crippen LogP contribution < -0.4 is 5.32 Å². The summed E-state index contributed by atoms with van der Waals surface area (Å²) in [6, 6.07) is 5.61. The summed E-state index contributed by atoms with van der Waals surface area (Å²) in [5, 5.41) is 11.7. The number of aryl methyl sites for hydroxylation is 1. The second kappa shape index (κ2) is 5.51. The molecule has 90 valence electrons. The van der Waals surface area contributed by atoms with Crippen LogP contribution in [0, 0.1) is 0 Å². The summed E-state index contributed by atoms with van der Waals surface area (Å²) in [7, 11) is 0. The van der Waals surface area contributed by atoms with E-state index in [1.807, 2.05) is 25.1 Å². The van der Waals surface area contributed by atoms with E-state index < -0.39 is 0 Å². The molecule has 2 rings (SSSR count). The maximum Gasteiger partial charge on any atom is 0.235 e. The first-order chi connectivity index (χ1) is 8.19. The monoisotopic (exact) mass is 315 g/mol. The largest absolute Gasteiger partial charge is 0.423 e. The Labute approximate surface area is 113 Å². The zero-order valence-corrected chi connectivity index (χ0v) is 11.5. The van der Waals surface area contributed by atoms with E-state index in [1.165, 1.54) is 0 Å². The zero-order valence-electron chi connectivity index (χ0n) is 9.20. The number of rotatable bonds is 4. The minimum absolute atomic E-state index is 0.501. The molecule has 4 nitrogen and oxygen atoms in total. The first kappa shape index (κ1) is 12.4. The molecule has 0 aliphatic rings. The molecule has 1 aromatic carbocycles. The van der Waals surface area contributed by atoms with Crippen molar-refractivity contribution in [3.63, 3.8) is 0 Å². The molecule has 0 saturated heterocycles. The van der Waals surface area contributed by atoms with Crippen molar-refractivity contribution in [1.82, 2.24) is 10.2 Å². The van der Waals surface area contributed by atoms with Gasteiger partial charge in [0, 0.05) is 16.6 Å². The third-order valence-electron chi connectivity index (χ3n) is 2.17. The number of anilines is 1. The van der Waals surface area contributed by atoms with E-state index in [-0.39, 0.29) is 0 Å². The van der Waals surface area contributed by atoms with E-state index in [1.54, 1.807) is 0 Å². The molecule has 0 spiro atoms. The van der Waals surface area contributed by atoms with Gasteiger partial charge in [0.1, 0.15) is 0 Å². The van der Waals surface area contributed by atoms with Crippen molar-refractivity contribution in [2.24, 2.45) is 0 Å². The summed E-state index contributed by atoms with van der Waals surface area (Å²) in [4.78, 5) is 0. The van der Waals surface area contributed by atoms with Crippen LogP contribution in [-0.4, -0.2) is 10.2 Å². The summed E-state index contributed by atoms with van der Waals surface area (Å²) in [5.41, 5.74) is 0.942. The molecule has 1 aromatic heterocycles. The Morgan fingerprint density at radius 3 is 2.76 bits per heavy atom. The molecule has 0 atom stereocenters. The standard InChI is InChI=1S/C11H11BrClN3O/c1-2-10-15-16-11(17-10)6-14-7-3-4-9(13)8(12)5-7/h3-5,14H,2,6H2,1H3. The van der Waals surface area contributed by atoms with E-state index in [9.17, 15) is 0 Å². The van der Waals surface area contributed by atoms with Crippen LogP contribution in [0.1, 0.15) is 18.7 Å². The van der Waals surface area contributed by atoms with Gasteiger partial charge in [-0.15, -0.1) is 10.2 Å². The Bertz CT molecular complexity index is 515. The van der Waals surface area contributed by atoms with Gasteiger partial charge in [0.25, 0.3) is 0 Å². The second-order valence-corrected chi connectivity index (χ2v) is 4.69. The third-order valence-corrected chi connectivity index (χ3v) is 3.39. The summed E-state index contributed by atoms with van der Waals surface area (Å²) >= 11 is 9.27. The Morgan fingerprint density at radius 2 is 2.12 bits per heavy atom. The lowest BCUT2D eigenvalue weighted by atomic mass is 10.3. The minimum atomic E-state index is 0.501. The molecule has 1 heterocycles. The lowest BCUT2D eigenvalue weighted by Crippen LogP contribution is -1.99. The molecule has 6 heteroatoms. The molecule has 2 aromatic rings. The van der Waals surface area contributed by atoms with Gasteiger partial charge in [-0.3, -0.25) is 0 Å². The van der Waals surface area contributed by atoms with Crippen molar-refractivity contribution in [2.75, 3.05) is 5.32 Å². The number of halogens is 2. The fraction of sp³-hybridized carbons (Fsp3) is 0.273. The highest BCUT2D eigenvalue weighted by Crippen LogP contribution is 2.25. The van der Waals surface area contributed by atoms with Crippen LogP contribution in [0.15, 0.2) is 27.1 Å². The number of hydrogen-bond acceptors (Lipinski definition) is 4. The molecule has 0 saturated carbocycles. The molecule has 17 heavy (non-hydrogen) atoms. The fourth-order valence-electron chi connectivity index (χ4n) is 1.29. The molecule has 0 aliphatic heterocycles. The van der Waals surface area contributed by atoms with Crippen LogP contribution in [-0.2, 0) is 13.0 Å². The van der Waals surface area contributed by atoms with Gasteiger partial charge in [0.15, 0.2) is 0 Å². The number of aromatic nitrogens is 2. The van der Waals surface area contributed by atoms with Crippen molar-refractivity contribution < 1.29 is 4.42 Å². The van der Waals surface area contributed by atoms with Crippen LogP contribution >= 0.6 is 27.5 Å².